The molecule has 45 heavy (non-hydrogen) atoms. The van der Waals surface area contributed by atoms with Crippen molar-refractivity contribution in [2.75, 3.05) is 11.5 Å². The van der Waals surface area contributed by atoms with Gasteiger partial charge in [0.15, 0.2) is 0 Å². The third-order valence-electron chi connectivity index (χ3n) is 7.64. The molecule has 0 bridgehead atoms. The first-order valence-corrected chi connectivity index (χ1v) is 14.3. The van der Waals surface area contributed by atoms with E-state index >= 15 is 0 Å². The number of anilines is 2. The van der Waals surface area contributed by atoms with Crippen LogP contribution in [0.1, 0.15) is 52.6 Å². The van der Waals surface area contributed by atoms with Crippen molar-refractivity contribution in [3.8, 4) is 23.0 Å². The van der Waals surface area contributed by atoms with E-state index in [1.165, 1.54) is 24.3 Å². The molecule has 0 unspecified atom stereocenters. The molecule has 0 saturated carbocycles. The van der Waals surface area contributed by atoms with Crippen LogP contribution in [0.15, 0.2) is 121 Å². The van der Waals surface area contributed by atoms with E-state index in [0.29, 0.717) is 11.4 Å². The number of para-hydroxylation sites is 2. The fourth-order valence-electron chi connectivity index (χ4n) is 4.82. The van der Waals surface area contributed by atoms with Crippen molar-refractivity contribution >= 4 is 23.3 Å². The van der Waals surface area contributed by atoms with Gasteiger partial charge in [0.25, 0.3) is 0 Å². The van der Waals surface area contributed by atoms with E-state index in [1.807, 2.05) is 72.8 Å². The Bertz CT molecular complexity index is 1620. The number of ether oxygens (including phenoxy) is 2. The number of carboxylic acid groups (broad SMARTS) is 2. The second-order valence-electron chi connectivity index (χ2n) is 10.9. The number of hydrogen-bond acceptors (Lipinski definition) is 6. The predicted molar refractivity (Wildman–Crippen MR) is 176 cm³/mol. The maximum atomic E-state index is 10.3. The van der Waals surface area contributed by atoms with Crippen LogP contribution in [0.25, 0.3) is 0 Å². The molecule has 0 aliphatic rings. The van der Waals surface area contributed by atoms with Gasteiger partial charge in [-0.15, -0.1) is 0 Å². The van der Waals surface area contributed by atoms with E-state index in [9.17, 15) is 9.59 Å². The van der Waals surface area contributed by atoms with Gasteiger partial charge in [-0.25, -0.2) is 9.59 Å². The lowest BCUT2D eigenvalue weighted by Gasteiger charge is -2.37. The lowest BCUT2D eigenvalue weighted by molar-refractivity contribution is 0.0681. The summed E-state index contributed by atoms with van der Waals surface area (Å²) in [5.74, 6) is 1.23. The molecule has 0 amide bonds. The van der Waals surface area contributed by atoms with Crippen LogP contribution in [0.5, 0.6) is 23.0 Å². The SMILES string of the molecule is CC(C)C(C)(c1ccccc1Oc1ccc(N)cc1)c1ccccc1Oc1ccc(N)cc1.O=C(O)c1ccc(C(=O)O)cc1. The Kier molecular flexibility index (Phi) is 10.1. The maximum Gasteiger partial charge on any atom is 0.335 e. The number of hydrogen-bond donors (Lipinski definition) is 4. The number of carbonyl (C=O) groups is 2. The lowest BCUT2D eigenvalue weighted by atomic mass is 9.68. The molecule has 0 fully saturated rings. The summed E-state index contributed by atoms with van der Waals surface area (Å²) in [6, 6.07) is 36.3. The van der Waals surface area contributed by atoms with Crippen molar-refractivity contribution in [3.05, 3.63) is 144 Å². The molecular weight excluding hydrogens is 568 g/mol. The molecular formula is C37H36N2O6. The van der Waals surface area contributed by atoms with Gasteiger partial charge in [-0.05, 0) is 90.8 Å². The minimum absolute atomic E-state index is 0.0833. The zero-order valence-corrected chi connectivity index (χ0v) is 25.3. The molecule has 0 radical (unpaired) electrons. The first kappa shape index (κ1) is 32.2. The lowest BCUT2D eigenvalue weighted by Crippen LogP contribution is -2.31. The van der Waals surface area contributed by atoms with E-state index in [-0.39, 0.29) is 22.5 Å². The number of nitrogen functional groups attached to an aromatic ring is 2. The van der Waals surface area contributed by atoms with Gasteiger partial charge in [0, 0.05) is 27.9 Å². The summed E-state index contributed by atoms with van der Waals surface area (Å²) in [6.07, 6.45) is 0. The van der Waals surface area contributed by atoms with Crippen LogP contribution in [0.2, 0.25) is 0 Å². The number of benzene rings is 5. The van der Waals surface area contributed by atoms with Crippen molar-refractivity contribution in [2.24, 2.45) is 5.92 Å². The number of carboxylic acids is 2. The molecule has 0 atom stereocenters. The Labute approximate surface area is 262 Å². The highest BCUT2D eigenvalue weighted by atomic mass is 16.5. The number of rotatable bonds is 9. The molecule has 230 valence electrons. The standard InChI is InChI=1S/C29H30N2O2.C8H6O4/c1-20(2)29(3,25-8-4-6-10-27(25)32-23-16-12-21(30)13-17-23)26-9-5-7-11-28(26)33-24-18-14-22(31)15-19-24;9-7(10)5-1-2-6(4-3-5)8(11)12/h4-20H,30-31H2,1-3H3;1-4H,(H,9,10)(H,11,12). The Morgan fingerprint density at radius 3 is 1.22 bits per heavy atom. The van der Waals surface area contributed by atoms with Crippen molar-refractivity contribution in [3.63, 3.8) is 0 Å². The zero-order valence-electron chi connectivity index (χ0n) is 25.3. The highest BCUT2D eigenvalue weighted by Gasteiger charge is 2.37. The molecule has 0 aliphatic heterocycles. The van der Waals surface area contributed by atoms with Gasteiger partial charge in [-0.2, -0.15) is 0 Å². The average molecular weight is 605 g/mol. The van der Waals surface area contributed by atoms with Crippen LogP contribution in [0.4, 0.5) is 11.4 Å². The Morgan fingerprint density at radius 1 is 0.578 bits per heavy atom. The van der Waals surface area contributed by atoms with Crippen molar-refractivity contribution in [2.45, 2.75) is 26.2 Å². The molecule has 8 heteroatoms. The minimum Gasteiger partial charge on any atom is -0.478 e. The van der Waals surface area contributed by atoms with E-state index < -0.39 is 11.9 Å². The van der Waals surface area contributed by atoms with Gasteiger partial charge in [0.05, 0.1) is 11.1 Å². The quantitative estimate of drug-likeness (QED) is 0.123. The first-order valence-electron chi connectivity index (χ1n) is 14.3. The summed E-state index contributed by atoms with van der Waals surface area (Å²) in [5.41, 5.74) is 15.1. The monoisotopic (exact) mass is 604 g/mol. The summed E-state index contributed by atoms with van der Waals surface area (Å²) in [7, 11) is 0. The average Bonchev–Trinajstić information content (AvgIpc) is 3.03. The van der Waals surface area contributed by atoms with E-state index in [1.54, 1.807) is 0 Å². The van der Waals surface area contributed by atoms with E-state index in [2.05, 4.69) is 45.0 Å². The molecule has 5 aromatic rings. The van der Waals surface area contributed by atoms with Gasteiger partial charge in [-0.1, -0.05) is 57.2 Å². The zero-order chi connectivity index (χ0) is 32.6. The van der Waals surface area contributed by atoms with Gasteiger partial charge in [0.2, 0.25) is 0 Å². The predicted octanol–water partition coefficient (Wildman–Crippen LogP) is 8.48. The Balaban J connectivity index is 0.000000323. The van der Waals surface area contributed by atoms with Gasteiger partial charge in [0.1, 0.15) is 23.0 Å². The largest absolute Gasteiger partial charge is 0.478 e. The fourth-order valence-corrected chi connectivity index (χ4v) is 4.82. The van der Waals surface area contributed by atoms with Crippen molar-refractivity contribution < 1.29 is 29.3 Å². The first-order chi connectivity index (χ1) is 21.5. The molecule has 0 saturated heterocycles. The third kappa shape index (κ3) is 7.80. The van der Waals surface area contributed by atoms with Gasteiger partial charge >= 0.3 is 11.9 Å². The molecule has 0 aromatic heterocycles. The summed E-state index contributed by atoms with van der Waals surface area (Å²) >= 11 is 0. The normalized spacial score (nSPS) is 10.8. The molecule has 0 spiro atoms. The summed E-state index contributed by atoms with van der Waals surface area (Å²) in [5, 5.41) is 16.9. The number of nitrogens with two attached hydrogens (primary N) is 2. The van der Waals surface area contributed by atoms with Crippen LogP contribution >= 0.6 is 0 Å². The smallest absolute Gasteiger partial charge is 0.335 e. The molecule has 0 aliphatic carbocycles. The van der Waals surface area contributed by atoms with Crippen molar-refractivity contribution in [1.82, 2.24) is 0 Å². The second-order valence-corrected chi connectivity index (χ2v) is 10.9. The van der Waals surface area contributed by atoms with Crippen LogP contribution in [0, 0.1) is 5.92 Å². The fraction of sp³-hybridized carbons (Fsp3) is 0.135. The third-order valence-corrected chi connectivity index (χ3v) is 7.64. The van der Waals surface area contributed by atoms with Crippen LogP contribution in [-0.2, 0) is 5.41 Å². The molecule has 5 rings (SSSR count). The topological polar surface area (TPSA) is 145 Å². The molecule has 8 nitrogen and oxygen atoms in total. The van der Waals surface area contributed by atoms with E-state index in [4.69, 9.17) is 31.2 Å². The van der Waals surface area contributed by atoms with Crippen LogP contribution < -0.4 is 20.9 Å². The molecule has 5 aromatic carbocycles. The van der Waals surface area contributed by atoms with E-state index in [0.717, 1.165) is 34.1 Å². The second kappa shape index (κ2) is 14.1. The Hall–Kier alpha value is -5.76. The Morgan fingerprint density at radius 2 is 0.911 bits per heavy atom. The summed E-state index contributed by atoms with van der Waals surface area (Å²) in [4.78, 5) is 20.7. The summed E-state index contributed by atoms with van der Waals surface area (Å²) < 4.78 is 12.7. The number of aromatic carboxylic acids is 2. The molecule has 6 N–H and O–H groups in total. The highest BCUT2D eigenvalue weighted by Crippen LogP contribution is 2.47. The summed E-state index contributed by atoms with van der Waals surface area (Å²) in [6.45, 7) is 6.69. The van der Waals surface area contributed by atoms with Gasteiger partial charge < -0.3 is 31.2 Å². The minimum atomic E-state index is -1.06. The maximum absolute atomic E-state index is 10.3. The van der Waals surface area contributed by atoms with Crippen molar-refractivity contribution in [1.29, 1.82) is 0 Å². The van der Waals surface area contributed by atoms with Gasteiger partial charge in [-0.3, -0.25) is 0 Å². The van der Waals surface area contributed by atoms with Crippen LogP contribution in [0.3, 0.4) is 0 Å². The highest BCUT2D eigenvalue weighted by molar-refractivity contribution is 5.91. The van der Waals surface area contributed by atoms with Crippen LogP contribution in [-0.4, -0.2) is 22.2 Å². The molecule has 0 heterocycles.